The van der Waals surface area contributed by atoms with Gasteiger partial charge in [-0.1, -0.05) is 42.3 Å². The Bertz CT molecular complexity index is 1410. The van der Waals surface area contributed by atoms with E-state index in [1.165, 1.54) is 44.4 Å². The lowest BCUT2D eigenvalue weighted by Crippen LogP contribution is -2.07. The van der Waals surface area contributed by atoms with E-state index in [4.69, 9.17) is 4.42 Å². The predicted octanol–water partition coefficient (Wildman–Crippen LogP) is 6.46. The van der Waals surface area contributed by atoms with Gasteiger partial charge in [-0.3, -0.25) is 8.99 Å². The summed E-state index contributed by atoms with van der Waals surface area (Å²) in [4.78, 5) is 8.78. The predicted molar refractivity (Wildman–Crippen MR) is 139 cm³/mol. The zero-order chi connectivity index (χ0) is 24.2. The van der Waals surface area contributed by atoms with Crippen LogP contribution in [0.1, 0.15) is 12.8 Å². The summed E-state index contributed by atoms with van der Waals surface area (Å²) in [6.45, 7) is 2.61. The number of nitrogens with zero attached hydrogens (tertiary/aromatic N) is 5. The van der Waals surface area contributed by atoms with Crippen molar-refractivity contribution in [3.8, 4) is 33.8 Å². The molecule has 0 spiro atoms. The van der Waals surface area contributed by atoms with Gasteiger partial charge in [-0.05, 0) is 49.4 Å². The molecular formula is C27H26FN5OS. The standard InChI is InChI=1S/C22H15FN4O.C5H11NS/c1-27-12-18(20(26-27)15-7-9-16(23)10-8-15)21-17-11-19(14-5-3-2-4-6-14)28-22(17)25-13-24-21;1-7-6-4-2-3-5-6/h2-13H,1H3;2-5H2,1H3. The fourth-order valence-electron chi connectivity index (χ4n) is 4.17. The zero-order valence-electron chi connectivity index (χ0n) is 19.7. The molecule has 0 radical (unpaired) electrons. The number of benzene rings is 2. The lowest BCUT2D eigenvalue weighted by Gasteiger charge is -2.06. The summed E-state index contributed by atoms with van der Waals surface area (Å²) < 4.78 is 23.4. The Balaban J connectivity index is 0.000000313. The summed E-state index contributed by atoms with van der Waals surface area (Å²) in [7, 11) is 1.85. The summed E-state index contributed by atoms with van der Waals surface area (Å²) in [6.07, 6.45) is 8.33. The van der Waals surface area contributed by atoms with Gasteiger partial charge < -0.3 is 4.42 Å². The maximum Gasteiger partial charge on any atom is 0.230 e. The molecule has 1 aliphatic heterocycles. The minimum absolute atomic E-state index is 0.284. The molecule has 0 aliphatic carbocycles. The zero-order valence-corrected chi connectivity index (χ0v) is 20.5. The van der Waals surface area contributed by atoms with Gasteiger partial charge in [-0.15, -0.1) is 0 Å². The van der Waals surface area contributed by atoms with Gasteiger partial charge in [0.05, 0.1) is 11.1 Å². The van der Waals surface area contributed by atoms with Crippen molar-refractivity contribution in [3.63, 3.8) is 0 Å². The molecule has 3 aromatic heterocycles. The molecule has 0 unspecified atom stereocenters. The fraction of sp³-hybridized carbons (Fsp3) is 0.222. The molecule has 2 aromatic carbocycles. The Hall–Kier alpha value is -3.49. The summed E-state index contributed by atoms with van der Waals surface area (Å²) in [5, 5.41) is 5.37. The van der Waals surface area contributed by atoms with Crippen LogP contribution in [0.2, 0.25) is 0 Å². The second kappa shape index (κ2) is 10.4. The quantitative estimate of drug-likeness (QED) is 0.271. The van der Waals surface area contributed by atoms with Crippen molar-refractivity contribution in [2.45, 2.75) is 12.8 Å². The second-order valence-electron chi connectivity index (χ2n) is 8.31. The molecule has 4 heterocycles. The van der Waals surface area contributed by atoms with Crippen molar-refractivity contribution >= 4 is 23.0 Å². The Morgan fingerprint density at radius 2 is 1.66 bits per heavy atom. The van der Waals surface area contributed by atoms with Crippen LogP contribution in [0.3, 0.4) is 0 Å². The third-order valence-electron chi connectivity index (χ3n) is 5.91. The van der Waals surface area contributed by atoms with Gasteiger partial charge in [0.15, 0.2) is 0 Å². The van der Waals surface area contributed by atoms with Crippen LogP contribution in [0.25, 0.3) is 44.9 Å². The Morgan fingerprint density at radius 3 is 2.34 bits per heavy atom. The van der Waals surface area contributed by atoms with E-state index in [-0.39, 0.29) is 5.82 Å². The number of fused-ring (bicyclic) bond motifs is 1. The number of aromatic nitrogens is 4. The number of halogens is 1. The average molecular weight is 488 g/mol. The minimum atomic E-state index is -0.284. The molecule has 1 aliphatic rings. The highest BCUT2D eigenvalue weighted by molar-refractivity contribution is 7.96. The Labute approximate surface area is 207 Å². The van der Waals surface area contributed by atoms with Crippen LogP contribution in [0, 0.1) is 5.82 Å². The van der Waals surface area contributed by atoms with E-state index in [1.54, 1.807) is 16.8 Å². The first-order valence-corrected chi connectivity index (χ1v) is 12.7. The molecular weight excluding hydrogens is 461 g/mol. The van der Waals surface area contributed by atoms with Gasteiger partial charge in [0.2, 0.25) is 5.71 Å². The van der Waals surface area contributed by atoms with Crippen LogP contribution >= 0.6 is 11.9 Å². The molecule has 35 heavy (non-hydrogen) atoms. The highest BCUT2D eigenvalue weighted by Crippen LogP contribution is 2.36. The normalized spacial score (nSPS) is 13.7. The summed E-state index contributed by atoms with van der Waals surface area (Å²) in [6, 6.07) is 18.1. The third kappa shape index (κ3) is 5.13. The smallest absolute Gasteiger partial charge is 0.230 e. The van der Waals surface area contributed by atoms with Crippen molar-refractivity contribution in [2.75, 3.05) is 19.3 Å². The first-order valence-electron chi connectivity index (χ1n) is 11.5. The van der Waals surface area contributed by atoms with Crippen molar-refractivity contribution in [3.05, 3.63) is 79.0 Å². The highest BCUT2D eigenvalue weighted by atomic mass is 32.2. The number of furan rings is 1. The lowest BCUT2D eigenvalue weighted by molar-refractivity contribution is 0.589. The van der Waals surface area contributed by atoms with E-state index in [0.29, 0.717) is 5.71 Å². The van der Waals surface area contributed by atoms with Gasteiger partial charge in [0, 0.05) is 43.0 Å². The van der Waals surface area contributed by atoms with E-state index in [2.05, 4.69) is 25.6 Å². The molecule has 1 fully saturated rings. The third-order valence-corrected chi connectivity index (χ3v) is 6.79. The van der Waals surface area contributed by atoms with Crippen LogP contribution in [0.4, 0.5) is 4.39 Å². The van der Waals surface area contributed by atoms with Crippen LogP contribution < -0.4 is 0 Å². The number of rotatable bonds is 4. The van der Waals surface area contributed by atoms with Crippen LogP contribution in [0.5, 0.6) is 0 Å². The summed E-state index contributed by atoms with van der Waals surface area (Å²) in [5.74, 6) is 0.442. The number of hydrogen-bond donors (Lipinski definition) is 0. The summed E-state index contributed by atoms with van der Waals surface area (Å²) in [5.41, 5.74) is 4.58. The first kappa shape index (κ1) is 23.3. The van der Waals surface area contributed by atoms with Crippen molar-refractivity contribution in [2.24, 2.45) is 7.05 Å². The van der Waals surface area contributed by atoms with Crippen molar-refractivity contribution < 1.29 is 8.81 Å². The molecule has 178 valence electrons. The van der Waals surface area contributed by atoms with E-state index < -0.39 is 0 Å². The van der Waals surface area contributed by atoms with Crippen LogP contribution in [0.15, 0.2) is 77.6 Å². The first-order chi connectivity index (χ1) is 17.1. The molecule has 0 N–H and O–H groups in total. The van der Waals surface area contributed by atoms with Gasteiger partial charge in [-0.25, -0.2) is 14.4 Å². The Kier molecular flexibility index (Phi) is 6.92. The van der Waals surface area contributed by atoms with Gasteiger partial charge in [-0.2, -0.15) is 5.10 Å². The minimum Gasteiger partial charge on any atom is -0.438 e. The van der Waals surface area contributed by atoms with Crippen LogP contribution in [-0.4, -0.2) is 43.4 Å². The molecule has 0 bridgehead atoms. The topological polar surface area (TPSA) is 60.0 Å². The fourth-order valence-corrected chi connectivity index (χ4v) is 4.79. The molecule has 8 heteroatoms. The molecule has 6 rings (SSSR count). The second-order valence-corrected chi connectivity index (χ2v) is 9.19. The van der Waals surface area contributed by atoms with Gasteiger partial charge in [0.1, 0.15) is 23.6 Å². The Morgan fingerprint density at radius 1 is 0.914 bits per heavy atom. The average Bonchev–Trinajstić information content (AvgIpc) is 3.65. The number of hydrogen-bond acceptors (Lipinski definition) is 6. The monoisotopic (exact) mass is 487 g/mol. The molecule has 0 atom stereocenters. The largest absolute Gasteiger partial charge is 0.438 e. The van der Waals surface area contributed by atoms with E-state index in [0.717, 1.165) is 39.2 Å². The van der Waals surface area contributed by atoms with E-state index in [9.17, 15) is 4.39 Å². The van der Waals surface area contributed by atoms with Crippen molar-refractivity contribution in [1.29, 1.82) is 0 Å². The van der Waals surface area contributed by atoms with Crippen molar-refractivity contribution in [1.82, 2.24) is 24.1 Å². The molecule has 0 amide bonds. The number of aryl methyl sites for hydroxylation is 1. The van der Waals surface area contributed by atoms with Crippen LogP contribution in [-0.2, 0) is 7.05 Å². The molecule has 5 aromatic rings. The maximum absolute atomic E-state index is 13.3. The van der Waals surface area contributed by atoms with Gasteiger partial charge in [0.25, 0.3) is 0 Å². The SMILES string of the molecule is CSN1CCCC1.Cn1cc(-c2ncnc3oc(-c4ccccc4)cc23)c(-c2ccc(F)cc2)n1. The molecule has 0 saturated carbocycles. The molecule has 6 nitrogen and oxygen atoms in total. The molecule has 1 saturated heterocycles. The van der Waals surface area contributed by atoms with E-state index in [1.807, 2.05) is 61.6 Å². The van der Waals surface area contributed by atoms with E-state index >= 15 is 0 Å². The summed E-state index contributed by atoms with van der Waals surface area (Å²) >= 11 is 1.87. The lowest BCUT2D eigenvalue weighted by atomic mass is 10.0. The highest BCUT2D eigenvalue weighted by Gasteiger charge is 2.19. The van der Waals surface area contributed by atoms with Gasteiger partial charge >= 0.3 is 0 Å². The maximum atomic E-state index is 13.3.